The Labute approximate surface area is 237 Å². The highest BCUT2D eigenvalue weighted by molar-refractivity contribution is 5.92. The van der Waals surface area contributed by atoms with E-state index in [9.17, 15) is 9.90 Å². The van der Waals surface area contributed by atoms with E-state index < -0.39 is 5.97 Å². The van der Waals surface area contributed by atoms with Crippen molar-refractivity contribution in [3.63, 3.8) is 0 Å². The third kappa shape index (κ3) is 6.41. The molecule has 1 fully saturated rings. The second-order valence-electron chi connectivity index (χ2n) is 12.1. The van der Waals surface area contributed by atoms with E-state index in [-0.39, 0.29) is 5.56 Å². The summed E-state index contributed by atoms with van der Waals surface area (Å²) in [4.78, 5) is 24.3. The number of carboxylic acid groups (broad SMARTS) is 1. The summed E-state index contributed by atoms with van der Waals surface area (Å²) in [5.41, 5.74) is 6.69. The van der Waals surface area contributed by atoms with E-state index in [4.69, 9.17) is 4.74 Å². The van der Waals surface area contributed by atoms with Crippen molar-refractivity contribution in [1.82, 2.24) is 14.9 Å². The van der Waals surface area contributed by atoms with Crippen LogP contribution in [-0.2, 0) is 0 Å². The van der Waals surface area contributed by atoms with Crippen LogP contribution in [0, 0.1) is 5.41 Å². The number of benzene rings is 1. The summed E-state index contributed by atoms with van der Waals surface area (Å²) in [6.07, 6.45) is 10.5. The molecule has 2 aliphatic rings. The van der Waals surface area contributed by atoms with E-state index in [0.717, 1.165) is 68.7 Å². The third-order valence-electron chi connectivity index (χ3n) is 8.39. The Balaban J connectivity index is 1.27. The van der Waals surface area contributed by atoms with Crippen LogP contribution >= 0.6 is 0 Å². The van der Waals surface area contributed by atoms with Gasteiger partial charge in [-0.05, 0) is 67.4 Å². The van der Waals surface area contributed by atoms with E-state index in [1.54, 1.807) is 17.8 Å². The fraction of sp³-hybridized carbons (Fsp3) is 0.455. The first-order chi connectivity index (χ1) is 19.2. The Morgan fingerprint density at radius 1 is 1.18 bits per heavy atom. The molecule has 7 nitrogen and oxygen atoms in total. The maximum Gasteiger partial charge on any atom is 0.339 e. The van der Waals surface area contributed by atoms with Gasteiger partial charge >= 0.3 is 5.97 Å². The SMILES string of the molecule is C=C(CCCC)C1=C(CN2CCN(c3ccc(C(=O)O)c(Oc4cnc5[nH]ccc5c4)c3)CC2)CCC(C)(C)C1. The maximum atomic E-state index is 11.9. The summed E-state index contributed by atoms with van der Waals surface area (Å²) < 4.78 is 6.07. The summed E-state index contributed by atoms with van der Waals surface area (Å²) in [6, 6.07) is 9.16. The van der Waals surface area contributed by atoms with Crippen LogP contribution in [0.1, 0.15) is 69.7 Å². The lowest BCUT2D eigenvalue weighted by atomic mass is 9.72. The third-order valence-corrected chi connectivity index (χ3v) is 8.39. The number of anilines is 1. The lowest BCUT2D eigenvalue weighted by Crippen LogP contribution is -2.47. The second-order valence-corrected chi connectivity index (χ2v) is 12.1. The van der Waals surface area contributed by atoms with Gasteiger partial charge in [0.15, 0.2) is 0 Å². The number of pyridine rings is 1. The fourth-order valence-electron chi connectivity index (χ4n) is 5.93. The summed E-state index contributed by atoms with van der Waals surface area (Å²) in [5, 5.41) is 10.7. The van der Waals surface area contributed by atoms with Gasteiger partial charge in [0.1, 0.15) is 22.7 Å². The first-order valence-corrected chi connectivity index (χ1v) is 14.6. The van der Waals surface area contributed by atoms with Gasteiger partial charge in [0, 0.05) is 56.1 Å². The van der Waals surface area contributed by atoms with Crippen LogP contribution in [0.25, 0.3) is 11.0 Å². The van der Waals surface area contributed by atoms with Crippen molar-refractivity contribution in [3.05, 3.63) is 71.6 Å². The number of aromatic carboxylic acids is 1. The molecule has 0 radical (unpaired) electrons. The number of ether oxygens (including phenoxy) is 1. The van der Waals surface area contributed by atoms with Gasteiger partial charge in [-0.3, -0.25) is 4.90 Å². The lowest BCUT2D eigenvalue weighted by Gasteiger charge is -2.39. The van der Waals surface area contributed by atoms with Crippen LogP contribution in [-0.4, -0.2) is 58.7 Å². The van der Waals surface area contributed by atoms with Crippen molar-refractivity contribution in [2.45, 2.75) is 59.3 Å². The summed E-state index contributed by atoms with van der Waals surface area (Å²) in [7, 11) is 0. The van der Waals surface area contributed by atoms with E-state index in [2.05, 4.69) is 47.1 Å². The minimum Gasteiger partial charge on any atom is -0.478 e. The molecule has 0 saturated carbocycles. The second kappa shape index (κ2) is 11.9. The number of unbranched alkanes of at least 4 members (excludes halogenated alkanes) is 1. The minimum atomic E-state index is -1.01. The number of allylic oxidation sites excluding steroid dienone is 2. The smallest absolute Gasteiger partial charge is 0.339 e. The van der Waals surface area contributed by atoms with Gasteiger partial charge in [0.25, 0.3) is 0 Å². The fourth-order valence-corrected chi connectivity index (χ4v) is 5.93. The molecule has 3 heterocycles. The zero-order valence-electron chi connectivity index (χ0n) is 24.1. The van der Waals surface area contributed by atoms with Crippen LogP contribution < -0.4 is 9.64 Å². The van der Waals surface area contributed by atoms with Crippen LogP contribution in [0.3, 0.4) is 0 Å². The number of rotatable bonds is 10. The summed E-state index contributed by atoms with van der Waals surface area (Å²) >= 11 is 0. The molecule has 7 heteroatoms. The molecule has 1 aliphatic heterocycles. The average molecular weight is 543 g/mol. The number of aromatic amines is 1. The predicted molar refractivity (Wildman–Crippen MR) is 162 cm³/mol. The molecular weight excluding hydrogens is 500 g/mol. The van der Waals surface area contributed by atoms with Crippen molar-refractivity contribution in [2.75, 3.05) is 37.6 Å². The predicted octanol–water partition coefficient (Wildman–Crippen LogP) is 7.43. The molecule has 2 aromatic heterocycles. The number of carbonyl (C=O) groups is 1. The Morgan fingerprint density at radius 2 is 1.98 bits per heavy atom. The number of hydrogen-bond donors (Lipinski definition) is 2. The molecule has 0 amide bonds. The van der Waals surface area contributed by atoms with Gasteiger partial charge in [-0.25, -0.2) is 9.78 Å². The summed E-state index contributed by atoms with van der Waals surface area (Å²) in [5.74, 6) is -0.173. The van der Waals surface area contributed by atoms with Crippen LogP contribution in [0.5, 0.6) is 11.5 Å². The van der Waals surface area contributed by atoms with Gasteiger partial charge in [-0.15, -0.1) is 0 Å². The monoisotopic (exact) mass is 542 g/mol. The number of nitrogens with one attached hydrogen (secondary N) is 1. The maximum absolute atomic E-state index is 11.9. The Kier molecular flexibility index (Phi) is 8.31. The van der Waals surface area contributed by atoms with Gasteiger partial charge < -0.3 is 19.7 Å². The number of piperazine rings is 1. The van der Waals surface area contributed by atoms with Crippen molar-refractivity contribution in [3.8, 4) is 11.5 Å². The van der Waals surface area contributed by atoms with Gasteiger partial charge in [-0.1, -0.05) is 44.9 Å². The molecule has 5 rings (SSSR count). The minimum absolute atomic E-state index is 0.138. The Bertz CT molecular complexity index is 1410. The molecule has 0 unspecified atom stereocenters. The molecule has 212 valence electrons. The molecule has 0 atom stereocenters. The molecule has 0 bridgehead atoms. The zero-order chi connectivity index (χ0) is 28.3. The van der Waals surface area contributed by atoms with Crippen molar-refractivity contribution in [2.24, 2.45) is 5.41 Å². The molecule has 1 saturated heterocycles. The molecule has 0 spiro atoms. The number of carboxylic acids is 1. The van der Waals surface area contributed by atoms with Crippen LogP contribution in [0.15, 0.2) is 66.0 Å². The van der Waals surface area contributed by atoms with Crippen LogP contribution in [0.2, 0.25) is 0 Å². The van der Waals surface area contributed by atoms with Crippen LogP contribution in [0.4, 0.5) is 5.69 Å². The van der Waals surface area contributed by atoms with E-state index in [1.807, 2.05) is 30.5 Å². The quantitative estimate of drug-likeness (QED) is 0.277. The molecular formula is C33H42N4O3. The molecule has 1 aliphatic carbocycles. The normalized spacial score (nSPS) is 17.8. The molecule has 3 aromatic rings. The first-order valence-electron chi connectivity index (χ1n) is 14.6. The van der Waals surface area contributed by atoms with E-state index in [0.29, 0.717) is 16.9 Å². The topological polar surface area (TPSA) is 81.7 Å². The highest BCUT2D eigenvalue weighted by Crippen LogP contribution is 2.42. The zero-order valence-corrected chi connectivity index (χ0v) is 24.1. The van der Waals surface area contributed by atoms with Crippen molar-refractivity contribution < 1.29 is 14.6 Å². The Morgan fingerprint density at radius 3 is 2.73 bits per heavy atom. The lowest BCUT2D eigenvalue weighted by molar-refractivity contribution is 0.0694. The van der Waals surface area contributed by atoms with Gasteiger partial charge in [0.05, 0.1) is 6.20 Å². The number of H-pyrrole nitrogens is 1. The average Bonchev–Trinajstić information content (AvgIpc) is 3.41. The van der Waals surface area contributed by atoms with E-state index in [1.165, 1.54) is 30.4 Å². The molecule has 40 heavy (non-hydrogen) atoms. The van der Waals surface area contributed by atoms with Crippen molar-refractivity contribution in [1.29, 1.82) is 0 Å². The van der Waals surface area contributed by atoms with Crippen molar-refractivity contribution >= 4 is 22.7 Å². The Hall–Kier alpha value is -3.58. The molecule has 1 aromatic carbocycles. The number of hydrogen-bond acceptors (Lipinski definition) is 5. The largest absolute Gasteiger partial charge is 0.478 e. The van der Waals surface area contributed by atoms with Gasteiger partial charge in [0.2, 0.25) is 0 Å². The number of fused-ring (bicyclic) bond motifs is 1. The summed E-state index contributed by atoms with van der Waals surface area (Å²) in [6.45, 7) is 16.2. The van der Waals surface area contributed by atoms with E-state index >= 15 is 0 Å². The van der Waals surface area contributed by atoms with Gasteiger partial charge in [-0.2, -0.15) is 0 Å². The number of aromatic nitrogens is 2. The standard InChI is InChI=1S/C33H42N4O3/c1-5-6-7-23(2)29-20-33(3,4)12-10-25(29)22-36-14-16-37(17-15-36)26-8-9-28(32(38)39)30(19-26)40-27-18-24-11-13-34-31(24)35-21-27/h8-9,11,13,18-19,21H,2,5-7,10,12,14-17,20,22H2,1,3-4H3,(H,34,35)(H,38,39). The number of nitrogens with zero attached hydrogens (tertiary/aromatic N) is 3. The first kappa shape index (κ1) is 28.0. The highest BCUT2D eigenvalue weighted by Gasteiger charge is 2.29. The highest BCUT2D eigenvalue weighted by atomic mass is 16.5. The molecule has 2 N–H and O–H groups in total.